The third kappa shape index (κ3) is 6.76. The highest BCUT2D eigenvalue weighted by Crippen LogP contribution is 2.17. The number of piperidine rings is 1. The first-order valence-electron chi connectivity index (χ1n) is 7.42. The van der Waals surface area contributed by atoms with E-state index in [1.165, 1.54) is 0 Å². The van der Waals surface area contributed by atoms with Gasteiger partial charge in [0.2, 0.25) is 11.8 Å². The molecule has 2 rings (SSSR count). The molecule has 1 saturated heterocycles. The zero-order valence-corrected chi connectivity index (χ0v) is 14.7. The molecule has 0 aliphatic carbocycles. The van der Waals surface area contributed by atoms with E-state index in [2.05, 4.69) is 10.3 Å². The lowest BCUT2D eigenvalue weighted by Gasteiger charge is -2.32. The summed E-state index contributed by atoms with van der Waals surface area (Å²) in [6, 6.07) is 0. The maximum Gasteiger partial charge on any atom is 0.224 e. The maximum absolute atomic E-state index is 12.2. The Morgan fingerprint density at radius 1 is 1.35 bits per heavy atom. The first kappa shape index (κ1) is 21.7. The van der Waals surface area contributed by atoms with Gasteiger partial charge in [-0.3, -0.25) is 9.59 Å². The van der Waals surface area contributed by atoms with Gasteiger partial charge in [0.15, 0.2) is 0 Å². The molecule has 1 aliphatic rings. The zero-order valence-electron chi connectivity index (χ0n) is 13.0. The van der Waals surface area contributed by atoms with Gasteiger partial charge < -0.3 is 20.5 Å². The monoisotopic (exact) mass is 365 g/mol. The molecule has 132 valence electrons. The number of nitrogens with zero attached hydrogens (tertiary/aromatic N) is 3. The number of nitrogens with two attached hydrogens (primary N) is 1. The van der Waals surface area contributed by atoms with Crippen LogP contribution in [0.5, 0.6) is 0 Å². The second-order valence-corrected chi connectivity index (χ2v) is 5.31. The number of rotatable bonds is 6. The molecule has 23 heavy (non-hydrogen) atoms. The first-order chi connectivity index (χ1) is 10.2. The summed E-state index contributed by atoms with van der Waals surface area (Å²) in [5.74, 6) is -0.00456. The number of likely N-dealkylation sites (tertiary alicyclic amines) is 1. The number of imidazole rings is 1. The molecule has 0 saturated carbocycles. The summed E-state index contributed by atoms with van der Waals surface area (Å²) in [5, 5.41) is 2.80. The average Bonchev–Trinajstić information content (AvgIpc) is 3.03. The Bertz CT molecular complexity index is 470. The molecule has 1 fully saturated rings. The van der Waals surface area contributed by atoms with Crippen LogP contribution in [-0.4, -0.2) is 52.4 Å². The van der Waals surface area contributed by atoms with Crippen molar-refractivity contribution in [2.24, 2.45) is 11.7 Å². The van der Waals surface area contributed by atoms with E-state index in [0.29, 0.717) is 32.6 Å². The van der Waals surface area contributed by atoms with Crippen LogP contribution in [0.2, 0.25) is 0 Å². The summed E-state index contributed by atoms with van der Waals surface area (Å²) >= 11 is 0. The summed E-state index contributed by atoms with van der Waals surface area (Å²) in [4.78, 5) is 29.9. The van der Waals surface area contributed by atoms with Gasteiger partial charge in [-0.2, -0.15) is 0 Å². The highest BCUT2D eigenvalue weighted by Gasteiger charge is 2.27. The fourth-order valence-electron chi connectivity index (χ4n) is 2.56. The molecule has 1 unspecified atom stereocenters. The van der Waals surface area contributed by atoms with Gasteiger partial charge in [-0.05, 0) is 12.8 Å². The van der Waals surface area contributed by atoms with Gasteiger partial charge in [0.25, 0.3) is 0 Å². The molecule has 1 aromatic heterocycles. The normalized spacial score (nSPS) is 16.9. The number of carbonyl (C=O) groups is 2. The molecule has 1 aromatic rings. The number of amides is 2. The van der Waals surface area contributed by atoms with Crippen molar-refractivity contribution in [2.45, 2.75) is 25.8 Å². The van der Waals surface area contributed by atoms with E-state index < -0.39 is 0 Å². The van der Waals surface area contributed by atoms with Crippen LogP contribution in [0.15, 0.2) is 18.7 Å². The van der Waals surface area contributed by atoms with Gasteiger partial charge in [-0.25, -0.2) is 4.98 Å². The van der Waals surface area contributed by atoms with Crippen LogP contribution in [-0.2, 0) is 16.1 Å². The van der Waals surface area contributed by atoms with Crippen LogP contribution in [0.4, 0.5) is 0 Å². The van der Waals surface area contributed by atoms with Gasteiger partial charge in [-0.15, -0.1) is 24.8 Å². The van der Waals surface area contributed by atoms with Crippen LogP contribution in [0.1, 0.15) is 19.3 Å². The minimum Gasteiger partial charge on any atom is -0.355 e. The SMILES string of the molecule is Cl.Cl.NCCNC(=O)C1CCCN(C(=O)CCn2ccnc2)C1. The van der Waals surface area contributed by atoms with Crippen LogP contribution in [0.3, 0.4) is 0 Å². The molecule has 2 amide bonds. The van der Waals surface area contributed by atoms with Crippen molar-refractivity contribution in [3.8, 4) is 0 Å². The molecule has 1 atom stereocenters. The van der Waals surface area contributed by atoms with E-state index in [9.17, 15) is 9.59 Å². The maximum atomic E-state index is 12.2. The topological polar surface area (TPSA) is 93.3 Å². The van der Waals surface area contributed by atoms with Crippen LogP contribution >= 0.6 is 24.8 Å². The van der Waals surface area contributed by atoms with Gasteiger partial charge in [0, 0.05) is 51.5 Å². The summed E-state index contributed by atoms with van der Waals surface area (Å²) in [7, 11) is 0. The zero-order chi connectivity index (χ0) is 15.1. The minimum atomic E-state index is -0.109. The van der Waals surface area contributed by atoms with E-state index in [1.807, 2.05) is 10.8 Å². The van der Waals surface area contributed by atoms with Crippen LogP contribution < -0.4 is 11.1 Å². The lowest BCUT2D eigenvalue weighted by atomic mass is 9.97. The fraction of sp³-hybridized carbons (Fsp3) is 0.643. The standard InChI is InChI=1S/C14H23N5O2.2ClH/c15-4-5-17-14(21)12-2-1-7-19(10-12)13(20)3-8-18-9-6-16-11-18;;/h6,9,11-12H,1-5,7-8,10,15H2,(H,17,21);2*1H. The van der Waals surface area contributed by atoms with E-state index >= 15 is 0 Å². The molecule has 7 nitrogen and oxygen atoms in total. The largest absolute Gasteiger partial charge is 0.355 e. The molecule has 9 heteroatoms. The van der Waals surface area contributed by atoms with E-state index in [4.69, 9.17) is 5.73 Å². The predicted molar refractivity (Wildman–Crippen MR) is 92.7 cm³/mol. The van der Waals surface area contributed by atoms with Crippen molar-refractivity contribution in [1.82, 2.24) is 19.8 Å². The lowest BCUT2D eigenvalue weighted by Crippen LogP contribution is -2.46. The molecule has 3 N–H and O–H groups in total. The summed E-state index contributed by atoms with van der Waals surface area (Å²) < 4.78 is 1.88. The number of carbonyl (C=O) groups excluding carboxylic acids is 2. The van der Waals surface area contributed by atoms with Gasteiger partial charge in [0.1, 0.15) is 0 Å². The Kier molecular flexibility index (Phi) is 10.6. The molecule has 0 aromatic carbocycles. The van der Waals surface area contributed by atoms with E-state index in [-0.39, 0.29) is 42.5 Å². The third-order valence-corrected chi connectivity index (χ3v) is 3.73. The molecule has 0 radical (unpaired) electrons. The smallest absolute Gasteiger partial charge is 0.224 e. The number of hydrogen-bond donors (Lipinski definition) is 2. The average molecular weight is 366 g/mol. The highest BCUT2D eigenvalue weighted by atomic mass is 35.5. The van der Waals surface area contributed by atoms with Crippen molar-refractivity contribution in [1.29, 1.82) is 0 Å². The van der Waals surface area contributed by atoms with Gasteiger partial charge >= 0.3 is 0 Å². The lowest BCUT2D eigenvalue weighted by molar-refractivity contribution is -0.135. The predicted octanol–water partition coefficient (Wildman–Crippen LogP) is 0.430. The summed E-state index contributed by atoms with van der Waals surface area (Å²) in [6.45, 7) is 2.80. The second-order valence-electron chi connectivity index (χ2n) is 5.31. The molecular weight excluding hydrogens is 341 g/mol. The summed E-state index contributed by atoms with van der Waals surface area (Å²) in [5.41, 5.74) is 5.38. The Hall–Kier alpha value is -1.31. The van der Waals surface area contributed by atoms with Crippen LogP contribution in [0, 0.1) is 5.92 Å². The van der Waals surface area contributed by atoms with Crippen molar-refractivity contribution in [2.75, 3.05) is 26.2 Å². The van der Waals surface area contributed by atoms with Crippen molar-refractivity contribution in [3.63, 3.8) is 0 Å². The Labute approximate surface area is 148 Å². The Morgan fingerprint density at radius 2 is 2.13 bits per heavy atom. The summed E-state index contributed by atoms with van der Waals surface area (Å²) in [6.07, 6.45) is 7.38. The quantitative estimate of drug-likeness (QED) is 0.764. The number of nitrogens with one attached hydrogen (secondary N) is 1. The third-order valence-electron chi connectivity index (χ3n) is 3.73. The number of hydrogen-bond acceptors (Lipinski definition) is 4. The highest BCUT2D eigenvalue weighted by molar-refractivity contribution is 5.85. The second kappa shape index (κ2) is 11.3. The Balaban J connectivity index is 0.00000242. The first-order valence-corrected chi connectivity index (χ1v) is 7.42. The van der Waals surface area contributed by atoms with Gasteiger partial charge in [0.05, 0.1) is 12.2 Å². The molecule has 2 heterocycles. The van der Waals surface area contributed by atoms with Crippen LogP contribution in [0.25, 0.3) is 0 Å². The number of aromatic nitrogens is 2. The Morgan fingerprint density at radius 3 is 2.78 bits per heavy atom. The minimum absolute atomic E-state index is 0. The molecular formula is C14H25Cl2N5O2. The number of halogens is 2. The van der Waals surface area contributed by atoms with Crippen molar-refractivity contribution >= 4 is 36.6 Å². The van der Waals surface area contributed by atoms with Gasteiger partial charge in [-0.1, -0.05) is 0 Å². The van der Waals surface area contributed by atoms with Crippen molar-refractivity contribution in [3.05, 3.63) is 18.7 Å². The van der Waals surface area contributed by atoms with E-state index in [1.54, 1.807) is 17.4 Å². The molecule has 0 bridgehead atoms. The van der Waals surface area contributed by atoms with Crippen molar-refractivity contribution < 1.29 is 9.59 Å². The number of aryl methyl sites for hydroxylation is 1. The van der Waals surface area contributed by atoms with E-state index in [0.717, 1.165) is 19.4 Å². The fourth-order valence-corrected chi connectivity index (χ4v) is 2.56. The molecule has 1 aliphatic heterocycles. The molecule has 0 spiro atoms.